The molecule has 1 saturated heterocycles. The zero-order chi connectivity index (χ0) is 36.7. The number of ether oxygens (including phenoxy) is 2. The second-order valence-corrected chi connectivity index (χ2v) is 14.0. The van der Waals surface area contributed by atoms with Gasteiger partial charge in [0.2, 0.25) is 17.7 Å². The third-order valence-electron chi connectivity index (χ3n) is 9.97. The van der Waals surface area contributed by atoms with Gasteiger partial charge in [0.05, 0.1) is 23.4 Å². The van der Waals surface area contributed by atoms with Crippen LogP contribution in [0.15, 0.2) is 101 Å². The molecule has 268 valence electrons. The van der Waals surface area contributed by atoms with Gasteiger partial charge in [0.25, 0.3) is 11.4 Å². The Morgan fingerprint density at radius 2 is 1.58 bits per heavy atom. The van der Waals surface area contributed by atoms with E-state index >= 15 is 0 Å². The number of amides is 2. The normalized spacial score (nSPS) is 18.7. The van der Waals surface area contributed by atoms with Crippen LogP contribution in [0, 0.1) is 6.92 Å². The van der Waals surface area contributed by atoms with E-state index in [0.717, 1.165) is 35.4 Å². The number of benzene rings is 3. The molecule has 2 amide bonds. The first-order valence-corrected chi connectivity index (χ1v) is 17.5. The number of nitrogens with one attached hydrogen (secondary N) is 2. The van der Waals surface area contributed by atoms with E-state index in [2.05, 4.69) is 68.9 Å². The molecular formula is C40H37N7O6. The molecule has 2 fully saturated rings. The van der Waals surface area contributed by atoms with Gasteiger partial charge in [-0.25, -0.2) is 9.97 Å². The van der Waals surface area contributed by atoms with E-state index in [9.17, 15) is 14.4 Å². The van der Waals surface area contributed by atoms with Gasteiger partial charge in [0.15, 0.2) is 0 Å². The Labute approximate surface area is 304 Å². The number of fused-ring (bicyclic) bond motifs is 1. The summed E-state index contributed by atoms with van der Waals surface area (Å²) < 4.78 is 19.1. The minimum Gasteiger partial charge on any atom is -0.490 e. The van der Waals surface area contributed by atoms with Gasteiger partial charge < -0.3 is 19.2 Å². The van der Waals surface area contributed by atoms with E-state index in [-0.39, 0.29) is 41.9 Å². The number of hydrogen-bond acceptors (Lipinski definition) is 11. The Morgan fingerprint density at radius 3 is 2.25 bits per heavy atom. The summed E-state index contributed by atoms with van der Waals surface area (Å²) in [5.41, 5.74) is 3.75. The van der Waals surface area contributed by atoms with Crippen LogP contribution in [0.1, 0.15) is 62.6 Å². The van der Waals surface area contributed by atoms with Gasteiger partial charge in [-0.2, -0.15) is 0 Å². The van der Waals surface area contributed by atoms with Crippen molar-refractivity contribution in [3.8, 4) is 28.8 Å². The van der Waals surface area contributed by atoms with E-state index in [1.165, 1.54) is 10.9 Å². The van der Waals surface area contributed by atoms with Crippen LogP contribution in [0.5, 0.6) is 17.2 Å². The fourth-order valence-electron chi connectivity index (χ4n) is 6.76. The molecule has 0 radical (unpaired) electrons. The molecule has 53 heavy (non-hydrogen) atoms. The predicted octanol–water partition coefficient (Wildman–Crippen LogP) is 6.27. The van der Waals surface area contributed by atoms with Gasteiger partial charge in [0, 0.05) is 43.3 Å². The second kappa shape index (κ2) is 13.6. The van der Waals surface area contributed by atoms with Crippen molar-refractivity contribution >= 4 is 28.4 Å². The monoisotopic (exact) mass is 711 g/mol. The lowest BCUT2D eigenvalue weighted by atomic mass is 9.78. The highest BCUT2D eigenvalue weighted by Gasteiger charge is 2.32. The van der Waals surface area contributed by atoms with Crippen LogP contribution in [0.3, 0.4) is 0 Å². The summed E-state index contributed by atoms with van der Waals surface area (Å²) in [6.07, 6.45) is 5.25. The number of carbonyl (C=O) groups is 2. The lowest BCUT2D eigenvalue weighted by Gasteiger charge is -2.36. The molecule has 2 N–H and O–H groups in total. The number of carbonyl (C=O) groups excluding carboxylic acids is 2. The minimum atomic E-state index is -0.743. The Balaban J connectivity index is 0.834. The van der Waals surface area contributed by atoms with E-state index in [1.807, 2.05) is 42.5 Å². The molecule has 13 heteroatoms. The number of anilines is 1. The lowest BCUT2D eigenvalue weighted by Crippen LogP contribution is -2.44. The van der Waals surface area contributed by atoms with Crippen molar-refractivity contribution in [2.45, 2.75) is 70.1 Å². The largest absolute Gasteiger partial charge is 0.490 e. The molecule has 1 unspecified atom stereocenters. The molecule has 1 aliphatic carbocycles. The highest BCUT2D eigenvalue weighted by atomic mass is 16.5. The molecule has 3 aromatic carbocycles. The van der Waals surface area contributed by atoms with Gasteiger partial charge in [-0.05, 0) is 72.1 Å². The standard InChI is InChI=1S/C40H37N7O6/c1-23-45-46-38(51-23)33-15-13-30(21-41-33)52-28-9-4-24(5-10-28)40(2,3)25-6-11-29(12-7-25)53-31-18-27(19-31)43-26-8-14-32-34(20-26)42-22-47(39(32)50)35-16-17-36(48)44-37(35)49/h4-15,20-22,27,31,35,43H,16-19H2,1-3H3,(H,44,48,49). The fourth-order valence-corrected chi connectivity index (χ4v) is 6.76. The fraction of sp³-hybridized carbons (Fsp3) is 0.275. The van der Waals surface area contributed by atoms with Crippen LogP contribution >= 0.6 is 0 Å². The van der Waals surface area contributed by atoms with Crippen LogP contribution < -0.4 is 25.7 Å². The Hall–Kier alpha value is -6.37. The van der Waals surface area contributed by atoms with Crippen LogP contribution in [0.25, 0.3) is 22.5 Å². The van der Waals surface area contributed by atoms with Crippen molar-refractivity contribution in [2.24, 2.45) is 0 Å². The maximum Gasteiger partial charge on any atom is 0.266 e. The summed E-state index contributed by atoms with van der Waals surface area (Å²) in [4.78, 5) is 45.8. The third kappa shape index (κ3) is 6.97. The molecule has 6 aromatic rings. The van der Waals surface area contributed by atoms with E-state index in [1.54, 1.807) is 25.3 Å². The van der Waals surface area contributed by atoms with E-state index in [4.69, 9.17) is 13.9 Å². The van der Waals surface area contributed by atoms with Crippen LogP contribution in [-0.2, 0) is 15.0 Å². The van der Waals surface area contributed by atoms with Gasteiger partial charge in [-0.1, -0.05) is 38.1 Å². The summed E-state index contributed by atoms with van der Waals surface area (Å²) in [6.45, 7) is 6.12. The van der Waals surface area contributed by atoms with Crippen molar-refractivity contribution in [1.82, 2.24) is 30.0 Å². The van der Waals surface area contributed by atoms with Gasteiger partial charge in [-0.15, -0.1) is 10.2 Å². The maximum absolute atomic E-state index is 13.1. The molecule has 13 nitrogen and oxygen atoms in total. The highest BCUT2D eigenvalue weighted by molar-refractivity contribution is 5.99. The predicted molar refractivity (Wildman–Crippen MR) is 196 cm³/mol. The number of pyridine rings is 1. The number of hydrogen-bond donors (Lipinski definition) is 2. The summed E-state index contributed by atoms with van der Waals surface area (Å²) >= 11 is 0. The highest BCUT2D eigenvalue weighted by Crippen LogP contribution is 2.35. The zero-order valence-corrected chi connectivity index (χ0v) is 29.4. The number of nitrogens with zero attached hydrogens (tertiary/aromatic N) is 5. The summed E-state index contributed by atoms with van der Waals surface area (Å²) in [7, 11) is 0. The average Bonchev–Trinajstić information content (AvgIpc) is 3.58. The summed E-state index contributed by atoms with van der Waals surface area (Å²) in [5.74, 6) is 2.19. The molecule has 8 rings (SSSR count). The zero-order valence-electron chi connectivity index (χ0n) is 29.4. The first kappa shape index (κ1) is 33.8. The molecule has 1 aliphatic heterocycles. The molecule has 4 heterocycles. The lowest BCUT2D eigenvalue weighted by molar-refractivity contribution is -0.135. The van der Waals surface area contributed by atoms with Gasteiger partial charge in [0.1, 0.15) is 35.1 Å². The molecule has 1 atom stereocenters. The Bertz CT molecular complexity index is 2360. The smallest absolute Gasteiger partial charge is 0.266 e. The average molecular weight is 712 g/mol. The Kier molecular flexibility index (Phi) is 8.69. The van der Waals surface area contributed by atoms with Crippen molar-refractivity contribution in [2.75, 3.05) is 5.32 Å². The van der Waals surface area contributed by atoms with Crippen LogP contribution in [-0.4, -0.2) is 48.7 Å². The molecule has 0 bridgehead atoms. The number of rotatable bonds is 10. The van der Waals surface area contributed by atoms with Gasteiger partial charge in [-0.3, -0.25) is 24.3 Å². The quantitative estimate of drug-likeness (QED) is 0.154. The van der Waals surface area contributed by atoms with Gasteiger partial charge >= 0.3 is 0 Å². The summed E-state index contributed by atoms with van der Waals surface area (Å²) in [6, 6.07) is 24.9. The SMILES string of the molecule is Cc1nnc(-c2ccc(Oc3ccc(C(C)(C)c4ccc(OC5CC(Nc6ccc7c(=O)n(C8CCC(=O)NC8=O)cnc7c6)C5)cc4)cc3)cn2)o1. The number of imide groups is 1. The topological polar surface area (TPSA) is 163 Å². The first-order valence-electron chi connectivity index (χ1n) is 17.5. The van der Waals surface area contributed by atoms with Crippen molar-refractivity contribution < 1.29 is 23.5 Å². The summed E-state index contributed by atoms with van der Waals surface area (Å²) in [5, 5.41) is 14.1. The van der Waals surface area contributed by atoms with Crippen molar-refractivity contribution in [3.63, 3.8) is 0 Å². The van der Waals surface area contributed by atoms with E-state index < -0.39 is 11.9 Å². The molecule has 0 spiro atoms. The number of aromatic nitrogens is 5. The molecule has 3 aromatic heterocycles. The van der Waals surface area contributed by atoms with Crippen molar-refractivity contribution in [1.29, 1.82) is 0 Å². The molecule has 1 saturated carbocycles. The second-order valence-electron chi connectivity index (χ2n) is 14.0. The number of aryl methyl sites for hydroxylation is 1. The number of piperidine rings is 1. The molecular weight excluding hydrogens is 674 g/mol. The third-order valence-corrected chi connectivity index (χ3v) is 9.97. The van der Waals surface area contributed by atoms with E-state index in [0.29, 0.717) is 39.9 Å². The van der Waals surface area contributed by atoms with Crippen LogP contribution in [0.4, 0.5) is 5.69 Å². The Morgan fingerprint density at radius 1 is 0.868 bits per heavy atom. The van der Waals surface area contributed by atoms with Crippen molar-refractivity contribution in [3.05, 3.63) is 119 Å². The van der Waals surface area contributed by atoms with Crippen LogP contribution in [0.2, 0.25) is 0 Å². The maximum atomic E-state index is 13.1. The molecule has 2 aliphatic rings. The minimum absolute atomic E-state index is 0.0904. The first-order chi connectivity index (χ1) is 25.6.